The van der Waals surface area contributed by atoms with Crippen LogP contribution in [-0.4, -0.2) is 29.6 Å². The van der Waals surface area contributed by atoms with Gasteiger partial charge in [-0.3, -0.25) is 5.32 Å². The number of rotatable bonds is 0. The van der Waals surface area contributed by atoms with Gasteiger partial charge in [-0.15, -0.1) is 0 Å². The molecule has 4 aliphatic carbocycles. The predicted octanol–water partition coefficient (Wildman–Crippen LogP) is 5.29. The second kappa shape index (κ2) is 6.58. The minimum atomic E-state index is -0.100. The van der Waals surface area contributed by atoms with E-state index in [0.29, 0.717) is 22.9 Å². The van der Waals surface area contributed by atoms with E-state index in [1.807, 2.05) is 0 Å². The Kier molecular flexibility index (Phi) is 4.44. The Balaban J connectivity index is 1.28. The summed E-state index contributed by atoms with van der Waals surface area (Å²) in [7, 11) is 0. The lowest BCUT2D eigenvalue weighted by molar-refractivity contribution is -0.115. The zero-order valence-corrected chi connectivity index (χ0v) is 19.6. The molecule has 5 fully saturated rings. The van der Waals surface area contributed by atoms with Gasteiger partial charge in [0.05, 0.1) is 12.2 Å². The number of piperidine rings is 1. The van der Waals surface area contributed by atoms with Crippen molar-refractivity contribution >= 4 is 0 Å². The molecule has 6 rings (SSSR count). The molecule has 0 aromatic carbocycles. The van der Waals surface area contributed by atoms with Gasteiger partial charge in [0, 0.05) is 12.5 Å². The molecular formula is C27H43NO2. The number of hydrogen-bond donors (Lipinski definition) is 2. The molecule has 2 N–H and O–H groups in total. The van der Waals surface area contributed by atoms with Gasteiger partial charge in [-0.25, -0.2) is 0 Å². The van der Waals surface area contributed by atoms with Crippen molar-refractivity contribution in [2.45, 2.75) is 103 Å². The predicted molar refractivity (Wildman–Crippen MR) is 120 cm³/mol. The van der Waals surface area contributed by atoms with Gasteiger partial charge in [0.1, 0.15) is 5.72 Å². The first-order valence-corrected chi connectivity index (χ1v) is 13.1. The van der Waals surface area contributed by atoms with Crippen LogP contribution in [-0.2, 0) is 4.74 Å². The van der Waals surface area contributed by atoms with E-state index in [1.54, 1.807) is 5.57 Å². The molecule has 2 saturated heterocycles. The highest BCUT2D eigenvalue weighted by Gasteiger charge is 2.68. The summed E-state index contributed by atoms with van der Waals surface area (Å²) in [5.41, 5.74) is 2.33. The van der Waals surface area contributed by atoms with Crippen molar-refractivity contribution in [2.24, 2.45) is 46.3 Å². The van der Waals surface area contributed by atoms with E-state index in [9.17, 15) is 5.11 Å². The first-order valence-electron chi connectivity index (χ1n) is 13.1. The quantitative estimate of drug-likeness (QED) is 0.530. The van der Waals surface area contributed by atoms with E-state index in [4.69, 9.17) is 4.74 Å². The minimum absolute atomic E-state index is 0.0439. The highest BCUT2D eigenvalue weighted by molar-refractivity contribution is 5.26. The molecule has 11 atom stereocenters. The molecule has 2 heterocycles. The zero-order valence-electron chi connectivity index (χ0n) is 19.6. The molecule has 168 valence electrons. The van der Waals surface area contributed by atoms with Crippen LogP contribution in [0.25, 0.3) is 0 Å². The first-order chi connectivity index (χ1) is 14.3. The lowest BCUT2D eigenvalue weighted by Crippen LogP contribution is -2.57. The van der Waals surface area contributed by atoms with Crippen LogP contribution in [0.3, 0.4) is 0 Å². The summed E-state index contributed by atoms with van der Waals surface area (Å²) in [6.07, 6.45) is 13.8. The molecule has 0 bridgehead atoms. The van der Waals surface area contributed by atoms with Crippen molar-refractivity contribution in [2.75, 3.05) is 6.54 Å². The Bertz CT molecular complexity index is 739. The smallest absolute Gasteiger partial charge is 0.122 e. The third-order valence-electron chi connectivity index (χ3n) is 11.6. The Morgan fingerprint density at radius 1 is 1.07 bits per heavy atom. The van der Waals surface area contributed by atoms with Crippen molar-refractivity contribution < 1.29 is 9.84 Å². The van der Waals surface area contributed by atoms with Crippen LogP contribution in [0.5, 0.6) is 0 Å². The Labute approximate surface area is 183 Å². The van der Waals surface area contributed by atoms with Gasteiger partial charge >= 0.3 is 0 Å². The summed E-state index contributed by atoms with van der Waals surface area (Å²) in [4.78, 5) is 0. The normalized spacial score (nSPS) is 59.8. The topological polar surface area (TPSA) is 41.5 Å². The van der Waals surface area contributed by atoms with Crippen LogP contribution in [0, 0.1) is 46.3 Å². The third kappa shape index (κ3) is 2.55. The summed E-state index contributed by atoms with van der Waals surface area (Å²) in [5, 5.41) is 14.1. The van der Waals surface area contributed by atoms with Gasteiger partial charge in [0.25, 0.3) is 0 Å². The number of aliphatic hydroxyl groups is 1. The summed E-state index contributed by atoms with van der Waals surface area (Å²) < 4.78 is 7.00. The second-order valence-electron chi connectivity index (χ2n) is 12.8. The van der Waals surface area contributed by atoms with E-state index in [2.05, 4.69) is 39.1 Å². The number of nitrogens with one attached hydrogen (secondary N) is 1. The van der Waals surface area contributed by atoms with Crippen LogP contribution in [0.2, 0.25) is 0 Å². The number of allylic oxidation sites excluding steroid dienone is 1. The van der Waals surface area contributed by atoms with Crippen LogP contribution in [0.4, 0.5) is 0 Å². The maximum atomic E-state index is 10.3. The molecule has 6 aliphatic rings. The number of ether oxygens (including phenoxy) is 1. The van der Waals surface area contributed by atoms with Crippen LogP contribution in [0.1, 0.15) is 85.5 Å². The lowest BCUT2D eigenvalue weighted by atomic mass is 9.47. The van der Waals surface area contributed by atoms with Crippen molar-refractivity contribution in [3.8, 4) is 0 Å². The molecule has 0 aromatic rings. The van der Waals surface area contributed by atoms with Crippen molar-refractivity contribution in [1.82, 2.24) is 5.32 Å². The van der Waals surface area contributed by atoms with Crippen LogP contribution < -0.4 is 5.32 Å². The maximum absolute atomic E-state index is 10.3. The van der Waals surface area contributed by atoms with E-state index in [1.165, 1.54) is 44.9 Å². The molecule has 3 heteroatoms. The van der Waals surface area contributed by atoms with Gasteiger partial charge < -0.3 is 9.84 Å². The van der Waals surface area contributed by atoms with E-state index in [0.717, 1.165) is 49.0 Å². The second-order valence-corrected chi connectivity index (χ2v) is 12.8. The molecule has 1 spiro atoms. The molecule has 3 saturated carbocycles. The molecule has 30 heavy (non-hydrogen) atoms. The summed E-state index contributed by atoms with van der Waals surface area (Å²) in [5.74, 6) is 4.58. The highest BCUT2D eigenvalue weighted by atomic mass is 16.5. The number of hydrogen-bond acceptors (Lipinski definition) is 3. The van der Waals surface area contributed by atoms with Gasteiger partial charge in [0.15, 0.2) is 0 Å². The standard InChI is InChI=1S/C27H43NO2/c1-16-7-12-27(28-15-16)17(2)24-23(30-27)14-22-20-6-5-18-13-19(29)8-10-25(18,3)21(20)9-11-26(22,24)4/h5,16-17,19-24,28-29H,6-15H2,1-4H3/t16-,17-,19-,20+,21+,22-,23+,24+,25-,26-,27+/m0/s1. The average Bonchev–Trinajstić information content (AvgIpc) is 3.16. The average molecular weight is 414 g/mol. The third-order valence-corrected chi connectivity index (χ3v) is 11.6. The zero-order chi connectivity index (χ0) is 20.9. The van der Waals surface area contributed by atoms with Crippen LogP contribution >= 0.6 is 0 Å². The molecule has 0 amide bonds. The van der Waals surface area contributed by atoms with Crippen molar-refractivity contribution in [3.05, 3.63) is 11.6 Å². The van der Waals surface area contributed by atoms with Crippen molar-refractivity contribution in [1.29, 1.82) is 0 Å². The fraction of sp³-hybridized carbons (Fsp3) is 0.926. The molecule has 3 nitrogen and oxygen atoms in total. The van der Waals surface area contributed by atoms with E-state index < -0.39 is 0 Å². The summed E-state index contributed by atoms with van der Waals surface area (Å²) in [6.45, 7) is 11.2. The molecular weight excluding hydrogens is 370 g/mol. The minimum Gasteiger partial charge on any atom is -0.393 e. The highest BCUT2D eigenvalue weighted by Crippen LogP contribution is 2.70. The largest absolute Gasteiger partial charge is 0.393 e. The van der Waals surface area contributed by atoms with Gasteiger partial charge in [0.2, 0.25) is 0 Å². The Morgan fingerprint density at radius 2 is 1.90 bits per heavy atom. The fourth-order valence-electron chi connectivity index (χ4n) is 9.84. The summed E-state index contributed by atoms with van der Waals surface area (Å²) in [6, 6.07) is 0. The molecule has 0 radical (unpaired) electrons. The van der Waals surface area contributed by atoms with E-state index in [-0.39, 0.29) is 11.8 Å². The maximum Gasteiger partial charge on any atom is 0.122 e. The first kappa shape index (κ1) is 20.2. The molecule has 2 aliphatic heterocycles. The Morgan fingerprint density at radius 3 is 2.67 bits per heavy atom. The van der Waals surface area contributed by atoms with E-state index >= 15 is 0 Å². The van der Waals surface area contributed by atoms with Gasteiger partial charge in [-0.2, -0.15) is 0 Å². The molecule has 0 unspecified atom stereocenters. The summed E-state index contributed by atoms with van der Waals surface area (Å²) >= 11 is 0. The number of fused-ring (bicyclic) bond motifs is 7. The fourth-order valence-corrected chi connectivity index (χ4v) is 9.84. The Hall–Kier alpha value is -0.380. The number of aliphatic hydroxyl groups excluding tert-OH is 1. The van der Waals surface area contributed by atoms with Gasteiger partial charge in [-0.05, 0) is 98.2 Å². The molecule has 0 aromatic heterocycles. The van der Waals surface area contributed by atoms with Crippen LogP contribution in [0.15, 0.2) is 11.6 Å². The monoisotopic (exact) mass is 413 g/mol. The van der Waals surface area contributed by atoms with Gasteiger partial charge in [-0.1, -0.05) is 39.3 Å². The van der Waals surface area contributed by atoms with Crippen molar-refractivity contribution in [3.63, 3.8) is 0 Å². The lowest BCUT2D eigenvalue weighted by Gasteiger charge is -2.58. The SMILES string of the molecule is C[C@H]1CC[C@@]2(NC1)O[C@@H]1C[C@H]3[C@@H]4CC=C5C[C@@H](O)CC[C@]5(C)[C@@H]4CC[C@]3(C)[C@@H]1[C@@H]2C.